The molecule has 0 spiro atoms. The summed E-state index contributed by atoms with van der Waals surface area (Å²) in [7, 11) is 3.60. The van der Waals surface area contributed by atoms with Gasteiger partial charge in [0.25, 0.3) is 0 Å². The Morgan fingerprint density at radius 2 is 2.22 bits per heavy atom. The predicted octanol–water partition coefficient (Wildman–Crippen LogP) is 2.42. The number of halogens is 1. The van der Waals surface area contributed by atoms with Gasteiger partial charge in [-0.05, 0) is 46.7 Å². The van der Waals surface area contributed by atoms with Crippen molar-refractivity contribution in [1.29, 1.82) is 0 Å². The third-order valence-electron chi connectivity index (χ3n) is 2.71. The van der Waals surface area contributed by atoms with E-state index in [0.717, 1.165) is 23.3 Å². The molecule has 0 unspecified atom stereocenters. The van der Waals surface area contributed by atoms with E-state index in [2.05, 4.69) is 38.5 Å². The van der Waals surface area contributed by atoms with E-state index in [-0.39, 0.29) is 0 Å². The molecule has 96 valence electrons. The number of hydrogen-bond acceptors (Lipinski definition) is 3. The summed E-state index contributed by atoms with van der Waals surface area (Å²) in [4.78, 5) is 0. The zero-order valence-electron chi connectivity index (χ0n) is 10.5. The SMILES string of the molecule is CNCc1ccnn1Cc1ccc(OC)c(Br)c1. The van der Waals surface area contributed by atoms with Gasteiger partial charge >= 0.3 is 0 Å². The van der Waals surface area contributed by atoms with Crippen LogP contribution in [0.5, 0.6) is 5.75 Å². The highest BCUT2D eigenvalue weighted by atomic mass is 79.9. The minimum Gasteiger partial charge on any atom is -0.496 e. The number of hydrogen-bond donors (Lipinski definition) is 1. The number of nitrogens with one attached hydrogen (secondary N) is 1. The molecule has 1 N–H and O–H groups in total. The van der Waals surface area contributed by atoms with Gasteiger partial charge in [0.15, 0.2) is 0 Å². The Morgan fingerprint density at radius 1 is 1.39 bits per heavy atom. The quantitative estimate of drug-likeness (QED) is 0.922. The molecule has 1 heterocycles. The summed E-state index contributed by atoms with van der Waals surface area (Å²) in [6.07, 6.45) is 1.82. The molecule has 0 aliphatic carbocycles. The molecule has 0 amide bonds. The first-order chi connectivity index (χ1) is 8.74. The third kappa shape index (κ3) is 2.91. The molecule has 2 aromatic rings. The van der Waals surface area contributed by atoms with E-state index in [4.69, 9.17) is 4.74 Å². The van der Waals surface area contributed by atoms with Crippen molar-refractivity contribution in [3.05, 3.63) is 46.2 Å². The highest BCUT2D eigenvalue weighted by Crippen LogP contribution is 2.25. The minimum absolute atomic E-state index is 0.757. The van der Waals surface area contributed by atoms with E-state index in [0.29, 0.717) is 0 Å². The fourth-order valence-electron chi connectivity index (χ4n) is 1.81. The number of rotatable bonds is 5. The van der Waals surface area contributed by atoms with Gasteiger partial charge in [-0.1, -0.05) is 6.07 Å². The number of ether oxygens (including phenoxy) is 1. The number of methoxy groups -OCH3 is 1. The Hall–Kier alpha value is -1.33. The average Bonchev–Trinajstić information content (AvgIpc) is 2.78. The molecule has 0 saturated heterocycles. The van der Waals surface area contributed by atoms with Gasteiger partial charge in [-0.25, -0.2) is 0 Å². The summed E-state index contributed by atoms with van der Waals surface area (Å²) in [5, 5.41) is 7.47. The van der Waals surface area contributed by atoms with Crippen LogP contribution >= 0.6 is 15.9 Å². The van der Waals surface area contributed by atoms with Crippen molar-refractivity contribution in [2.75, 3.05) is 14.2 Å². The van der Waals surface area contributed by atoms with E-state index < -0.39 is 0 Å². The molecule has 1 aromatic carbocycles. The van der Waals surface area contributed by atoms with Gasteiger partial charge in [-0.2, -0.15) is 5.10 Å². The lowest BCUT2D eigenvalue weighted by Gasteiger charge is -2.09. The van der Waals surface area contributed by atoms with E-state index in [1.165, 1.54) is 11.3 Å². The van der Waals surface area contributed by atoms with E-state index >= 15 is 0 Å². The lowest BCUT2D eigenvalue weighted by Crippen LogP contribution is -2.13. The molecule has 0 radical (unpaired) electrons. The van der Waals surface area contributed by atoms with Gasteiger partial charge in [-0.15, -0.1) is 0 Å². The van der Waals surface area contributed by atoms with Crippen molar-refractivity contribution in [2.24, 2.45) is 0 Å². The van der Waals surface area contributed by atoms with Gasteiger partial charge in [0.1, 0.15) is 5.75 Å². The van der Waals surface area contributed by atoms with Gasteiger partial charge < -0.3 is 10.1 Å². The molecular weight excluding hydrogens is 294 g/mol. The van der Waals surface area contributed by atoms with Crippen molar-refractivity contribution in [3.63, 3.8) is 0 Å². The summed E-state index contributed by atoms with van der Waals surface area (Å²) in [6.45, 7) is 1.57. The number of benzene rings is 1. The molecule has 5 heteroatoms. The van der Waals surface area contributed by atoms with E-state index in [9.17, 15) is 0 Å². The number of nitrogens with zero attached hydrogens (tertiary/aromatic N) is 2. The van der Waals surface area contributed by atoms with Crippen LogP contribution < -0.4 is 10.1 Å². The first kappa shape index (κ1) is 13.1. The van der Waals surface area contributed by atoms with Gasteiger partial charge in [-0.3, -0.25) is 4.68 Å². The highest BCUT2D eigenvalue weighted by Gasteiger charge is 2.05. The molecule has 2 rings (SSSR count). The Balaban J connectivity index is 2.18. The summed E-state index contributed by atoms with van der Waals surface area (Å²) >= 11 is 3.49. The second kappa shape index (κ2) is 6.02. The van der Waals surface area contributed by atoms with E-state index in [1.54, 1.807) is 7.11 Å². The van der Waals surface area contributed by atoms with Crippen LogP contribution in [-0.2, 0) is 13.1 Å². The molecule has 0 fully saturated rings. The van der Waals surface area contributed by atoms with Crippen molar-refractivity contribution in [3.8, 4) is 5.75 Å². The second-order valence-corrected chi connectivity index (χ2v) is 4.83. The summed E-state index contributed by atoms with van der Waals surface area (Å²) in [5.74, 6) is 0.842. The summed E-state index contributed by atoms with van der Waals surface area (Å²) < 4.78 is 8.17. The largest absolute Gasteiger partial charge is 0.496 e. The molecule has 18 heavy (non-hydrogen) atoms. The fraction of sp³-hybridized carbons (Fsp3) is 0.308. The third-order valence-corrected chi connectivity index (χ3v) is 3.33. The standard InChI is InChI=1S/C13H16BrN3O/c1-15-8-11-5-6-16-17(11)9-10-3-4-13(18-2)12(14)7-10/h3-7,15H,8-9H2,1-2H3. The fourth-order valence-corrected chi connectivity index (χ4v) is 2.40. The number of aromatic nitrogens is 2. The monoisotopic (exact) mass is 309 g/mol. The molecule has 0 bridgehead atoms. The van der Waals surface area contributed by atoms with Crippen molar-refractivity contribution < 1.29 is 4.74 Å². The van der Waals surface area contributed by atoms with Gasteiger partial charge in [0.05, 0.1) is 23.8 Å². The van der Waals surface area contributed by atoms with Crippen LogP contribution in [0.3, 0.4) is 0 Å². The predicted molar refractivity (Wildman–Crippen MR) is 74.8 cm³/mol. The smallest absolute Gasteiger partial charge is 0.133 e. The normalized spacial score (nSPS) is 10.6. The Kier molecular flexibility index (Phi) is 4.38. The van der Waals surface area contributed by atoms with Crippen molar-refractivity contribution in [1.82, 2.24) is 15.1 Å². The minimum atomic E-state index is 0.757. The summed E-state index contributed by atoms with van der Waals surface area (Å²) in [6, 6.07) is 8.09. The molecule has 4 nitrogen and oxygen atoms in total. The Morgan fingerprint density at radius 3 is 2.89 bits per heavy atom. The van der Waals surface area contributed by atoms with Crippen molar-refractivity contribution in [2.45, 2.75) is 13.1 Å². The molecule has 0 saturated carbocycles. The second-order valence-electron chi connectivity index (χ2n) is 3.98. The molecule has 0 aliphatic heterocycles. The zero-order chi connectivity index (χ0) is 13.0. The van der Waals surface area contributed by atoms with Crippen LogP contribution in [0.1, 0.15) is 11.3 Å². The molecule has 0 atom stereocenters. The highest BCUT2D eigenvalue weighted by molar-refractivity contribution is 9.10. The summed E-state index contributed by atoms with van der Waals surface area (Å²) in [5.41, 5.74) is 2.35. The van der Waals surface area contributed by atoms with Crippen LogP contribution in [0.25, 0.3) is 0 Å². The van der Waals surface area contributed by atoms with Crippen LogP contribution in [0.4, 0.5) is 0 Å². The maximum atomic E-state index is 5.22. The van der Waals surface area contributed by atoms with Crippen LogP contribution in [0.15, 0.2) is 34.9 Å². The van der Waals surface area contributed by atoms with Gasteiger partial charge in [0.2, 0.25) is 0 Å². The van der Waals surface area contributed by atoms with E-state index in [1.807, 2.05) is 30.1 Å². The maximum absolute atomic E-state index is 5.22. The molecular formula is C13H16BrN3O. The molecule has 0 aliphatic rings. The van der Waals surface area contributed by atoms with Crippen LogP contribution in [0.2, 0.25) is 0 Å². The van der Waals surface area contributed by atoms with Gasteiger partial charge in [0, 0.05) is 12.7 Å². The van der Waals surface area contributed by atoms with Crippen LogP contribution in [0, 0.1) is 0 Å². The topological polar surface area (TPSA) is 39.1 Å². The molecule has 1 aromatic heterocycles. The zero-order valence-corrected chi connectivity index (χ0v) is 12.1. The van der Waals surface area contributed by atoms with Crippen molar-refractivity contribution >= 4 is 15.9 Å². The lowest BCUT2D eigenvalue weighted by atomic mass is 10.2. The first-order valence-electron chi connectivity index (χ1n) is 5.72. The average molecular weight is 310 g/mol. The Labute approximate surface area is 115 Å². The maximum Gasteiger partial charge on any atom is 0.133 e. The first-order valence-corrected chi connectivity index (χ1v) is 6.51. The van der Waals surface area contributed by atoms with Crippen LogP contribution in [-0.4, -0.2) is 23.9 Å². The lowest BCUT2D eigenvalue weighted by molar-refractivity contribution is 0.412. The Bertz CT molecular complexity index is 525.